The Bertz CT molecular complexity index is 91.3. The van der Waals surface area contributed by atoms with Crippen LogP contribution in [0.25, 0.3) is 0 Å². The SMILES string of the molecule is CC/C=C\CCC(O)CN. The zero-order chi connectivity index (χ0) is 7.82. The molecule has 0 heterocycles. The largest absolute Gasteiger partial charge is 0.392 e. The molecule has 0 aliphatic rings. The first-order valence-corrected chi connectivity index (χ1v) is 3.84. The normalized spacial score (nSPS) is 14.3. The fraction of sp³-hybridized carbons (Fsp3) is 0.750. The third-order valence-electron chi connectivity index (χ3n) is 1.34. The highest BCUT2D eigenvalue weighted by atomic mass is 16.3. The maximum atomic E-state index is 9.00. The summed E-state index contributed by atoms with van der Waals surface area (Å²) < 4.78 is 0. The number of hydrogen-bond acceptors (Lipinski definition) is 2. The van der Waals surface area contributed by atoms with Crippen molar-refractivity contribution in [1.82, 2.24) is 0 Å². The van der Waals surface area contributed by atoms with Crippen LogP contribution in [0.5, 0.6) is 0 Å². The minimum Gasteiger partial charge on any atom is -0.392 e. The van der Waals surface area contributed by atoms with Crippen LogP contribution in [0.3, 0.4) is 0 Å². The van der Waals surface area contributed by atoms with Crippen LogP contribution in [0.1, 0.15) is 26.2 Å². The quantitative estimate of drug-likeness (QED) is 0.565. The van der Waals surface area contributed by atoms with Crippen molar-refractivity contribution >= 4 is 0 Å². The van der Waals surface area contributed by atoms with E-state index in [2.05, 4.69) is 19.1 Å². The van der Waals surface area contributed by atoms with Crippen molar-refractivity contribution in [1.29, 1.82) is 0 Å². The number of aliphatic hydroxyl groups is 1. The van der Waals surface area contributed by atoms with Gasteiger partial charge in [-0.2, -0.15) is 0 Å². The van der Waals surface area contributed by atoms with Crippen LogP contribution in [0.2, 0.25) is 0 Å². The van der Waals surface area contributed by atoms with Gasteiger partial charge in [-0.15, -0.1) is 0 Å². The van der Waals surface area contributed by atoms with Gasteiger partial charge in [0.05, 0.1) is 6.10 Å². The molecule has 0 radical (unpaired) electrons. The van der Waals surface area contributed by atoms with E-state index in [-0.39, 0.29) is 6.10 Å². The number of allylic oxidation sites excluding steroid dienone is 2. The minimum absolute atomic E-state index is 0.318. The molecule has 0 saturated heterocycles. The van der Waals surface area contributed by atoms with Crippen LogP contribution in [0, 0.1) is 0 Å². The topological polar surface area (TPSA) is 46.2 Å². The van der Waals surface area contributed by atoms with Gasteiger partial charge in [0.25, 0.3) is 0 Å². The Balaban J connectivity index is 3.10. The highest BCUT2D eigenvalue weighted by molar-refractivity contribution is 4.80. The van der Waals surface area contributed by atoms with E-state index in [0.29, 0.717) is 6.54 Å². The minimum atomic E-state index is -0.318. The van der Waals surface area contributed by atoms with Crippen LogP contribution in [-0.2, 0) is 0 Å². The summed E-state index contributed by atoms with van der Waals surface area (Å²) in [6, 6.07) is 0. The third kappa shape index (κ3) is 5.79. The lowest BCUT2D eigenvalue weighted by molar-refractivity contribution is 0.174. The fourth-order valence-electron chi connectivity index (χ4n) is 0.691. The maximum Gasteiger partial charge on any atom is 0.0665 e. The van der Waals surface area contributed by atoms with Gasteiger partial charge in [-0.3, -0.25) is 0 Å². The summed E-state index contributed by atoms with van der Waals surface area (Å²) in [5.41, 5.74) is 5.21. The van der Waals surface area contributed by atoms with Gasteiger partial charge in [0, 0.05) is 6.54 Å². The third-order valence-corrected chi connectivity index (χ3v) is 1.34. The van der Waals surface area contributed by atoms with E-state index in [0.717, 1.165) is 19.3 Å². The van der Waals surface area contributed by atoms with Gasteiger partial charge in [-0.1, -0.05) is 19.1 Å². The zero-order valence-corrected chi connectivity index (χ0v) is 6.59. The number of rotatable bonds is 5. The molecule has 0 aromatic rings. The van der Waals surface area contributed by atoms with Crippen molar-refractivity contribution in [3.63, 3.8) is 0 Å². The van der Waals surface area contributed by atoms with E-state index in [1.165, 1.54) is 0 Å². The summed E-state index contributed by atoms with van der Waals surface area (Å²) in [6.45, 7) is 2.47. The molecule has 2 nitrogen and oxygen atoms in total. The maximum absolute atomic E-state index is 9.00. The van der Waals surface area contributed by atoms with E-state index in [4.69, 9.17) is 10.8 Å². The highest BCUT2D eigenvalue weighted by Gasteiger charge is 1.96. The van der Waals surface area contributed by atoms with Gasteiger partial charge in [0.2, 0.25) is 0 Å². The summed E-state index contributed by atoms with van der Waals surface area (Å²) >= 11 is 0. The molecule has 0 saturated carbocycles. The van der Waals surface area contributed by atoms with E-state index in [1.807, 2.05) is 0 Å². The Morgan fingerprint density at radius 2 is 2.20 bits per heavy atom. The first kappa shape index (κ1) is 9.66. The van der Waals surface area contributed by atoms with Crippen LogP contribution < -0.4 is 5.73 Å². The molecule has 1 unspecified atom stereocenters. The Hall–Kier alpha value is -0.340. The molecule has 0 bridgehead atoms. The Labute approximate surface area is 62.7 Å². The average molecular weight is 143 g/mol. The van der Waals surface area contributed by atoms with Gasteiger partial charge in [-0.05, 0) is 19.3 Å². The summed E-state index contributed by atoms with van der Waals surface area (Å²) in [5, 5.41) is 9.00. The van der Waals surface area contributed by atoms with Crippen LogP contribution >= 0.6 is 0 Å². The molecule has 0 aromatic carbocycles. The molecule has 10 heavy (non-hydrogen) atoms. The zero-order valence-electron chi connectivity index (χ0n) is 6.59. The Kier molecular flexibility index (Phi) is 6.55. The highest BCUT2D eigenvalue weighted by Crippen LogP contribution is 1.96. The lowest BCUT2D eigenvalue weighted by Crippen LogP contribution is -2.18. The molecule has 1 atom stereocenters. The van der Waals surface area contributed by atoms with Gasteiger partial charge in [0.1, 0.15) is 0 Å². The lowest BCUT2D eigenvalue weighted by Gasteiger charge is -2.03. The monoisotopic (exact) mass is 143 g/mol. The van der Waals surface area contributed by atoms with Gasteiger partial charge >= 0.3 is 0 Å². The second-order valence-electron chi connectivity index (χ2n) is 2.35. The van der Waals surface area contributed by atoms with Crippen molar-refractivity contribution < 1.29 is 5.11 Å². The molecule has 0 spiro atoms. The molecule has 0 fully saturated rings. The predicted octanol–water partition coefficient (Wildman–Crippen LogP) is 1.05. The predicted molar refractivity (Wildman–Crippen MR) is 43.7 cm³/mol. The number of aliphatic hydroxyl groups excluding tert-OH is 1. The van der Waals surface area contributed by atoms with E-state index in [1.54, 1.807) is 0 Å². The number of hydrogen-bond donors (Lipinski definition) is 2. The molecule has 0 amide bonds. The Morgan fingerprint density at radius 3 is 2.70 bits per heavy atom. The second-order valence-corrected chi connectivity index (χ2v) is 2.35. The number of nitrogens with two attached hydrogens (primary N) is 1. The molecule has 0 aromatic heterocycles. The van der Waals surface area contributed by atoms with Crippen LogP contribution in [0.4, 0.5) is 0 Å². The summed E-state index contributed by atoms with van der Waals surface area (Å²) in [5.74, 6) is 0. The summed E-state index contributed by atoms with van der Waals surface area (Å²) in [7, 11) is 0. The van der Waals surface area contributed by atoms with Crippen LogP contribution in [0.15, 0.2) is 12.2 Å². The first-order valence-electron chi connectivity index (χ1n) is 3.84. The average Bonchev–Trinajstić information content (AvgIpc) is 1.98. The van der Waals surface area contributed by atoms with Crippen molar-refractivity contribution in [2.24, 2.45) is 5.73 Å². The van der Waals surface area contributed by atoms with Gasteiger partial charge < -0.3 is 10.8 Å². The van der Waals surface area contributed by atoms with E-state index in [9.17, 15) is 0 Å². The van der Waals surface area contributed by atoms with Crippen LogP contribution in [-0.4, -0.2) is 17.8 Å². The smallest absolute Gasteiger partial charge is 0.0665 e. The van der Waals surface area contributed by atoms with E-state index < -0.39 is 0 Å². The molecule has 3 N–H and O–H groups in total. The molecule has 0 aliphatic carbocycles. The van der Waals surface area contributed by atoms with Crippen molar-refractivity contribution in [2.45, 2.75) is 32.3 Å². The molecular formula is C8H17NO. The summed E-state index contributed by atoms with van der Waals surface area (Å²) in [4.78, 5) is 0. The van der Waals surface area contributed by atoms with Crippen molar-refractivity contribution in [3.8, 4) is 0 Å². The van der Waals surface area contributed by atoms with Gasteiger partial charge in [0.15, 0.2) is 0 Å². The molecule has 60 valence electrons. The molecule has 0 rings (SSSR count). The lowest BCUT2D eigenvalue weighted by atomic mass is 10.2. The molecule has 0 aliphatic heterocycles. The Morgan fingerprint density at radius 1 is 1.50 bits per heavy atom. The van der Waals surface area contributed by atoms with Crippen molar-refractivity contribution in [2.75, 3.05) is 6.54 Å². The molecule has 2 heteroatoms. The standard InChI is InChI=1S/C8H17NO/c1-2-3-4-5-6-8(10)7-9/h3-4,8,10H,2,5-7,9H2,1H3/b4-3-. The fourth-order valence-corrected chi connectivity index (χ4v) is 0.691. The van der Waals surface area contributed by atoms with E-state index >= 15 is 0 Å². The second kappa shape index (κ2) is 6.78. The van der Waals surface area contributed by atoms with Gasteiger partial charge in [-0.25, -0.2) is 0 Å². The summed E-state index contributed by atoms with van der Waals surface area (Å²) in [6.07, 6.45) is 6.65. The molecular weight excluding hydrogens is 126 g/mol. The first-order chi connectivity index (χ1) is 4.81. The van der Waals surface area contributed by atoms with Crippen molar-refractivity contribution in [3.05, 3.63) is 12.2 Å².